The summed E-state index contributed by atoms with van der Waals surface area (Å²) in [5.41, 5.74) is 2.38. The van der Waals surface area contributed by atoms with Gasteiger partial charge in [0.2, 0.25) is 0 Å². The van der Waals surface area contributed by atoms with Crippen molar-refractivity contribution in [1.82, 2.24) is 25.1 Å². The SMILES string of the molecule is Cc1ccc(-c2noc(C)c2Cn2ncc(N3CC4(CC(OC(F)F)CO4)C3)cc2=O)nn1. The first-order valence-corrected chi connectivity index (χ1v) is 10.5. The Balaban J connectivity index is 1.28. The van der Waals surface area contributed by atoms with Gasteiger partial charge in [0.1, 0.15) is 22.7 Å². The standard InChI is InChI=1S/C21H22F2N6O4/c1-12-3-4-17(26-25-12)19-16(13(2)33-27-19)8-29-18(30)5-14(7-24-29)28-10-21(11-28)6-15(9-31-21)32-20(22)23/h3-5,7,15,20H,6,8-11H2,1-2H3. The maximum Gasteiger partial charge on any atom is 0.345 e. The molecule has 0 saturated carbocycles. The zero-order valence-electron chi connectivity index (χ0n) is 18.1. The minimum absolute atomic E-state index is 0.143. The van der Waals surface area contributed by atoms with E-state index >= 15 is 0 Å². The Morgan fingerprint density at radius 3 is 2.79 bits per heavy atom. The largest absolute Gasteiger partial charge is 0.368 e. The lowest BCUT2D eigenvalue weighted by Crippen LogP contribution is -2.62. The maximum absolute atomic E-state index is 12.8. The molecule has 0 aromatic carbocycles. The highest BCUT2D eigenvalue weighted by Crippen LogP contribution is 2.38. The zero-order chi connectivity index (χ0) is 23.2. The number of hydrogen-bond donors (Lipinski definition) is 0. The van der Waals surface area contributed by atoms with E-state index in [1.54, 1.807) is 19.2 Å². The second-order valence-corrected chi connectivity index (χ2v) is 8.41. The van der Waals surface area contributed by atoms with Gasteiger partial charge < -0.3 is 18.9 Å². The van der Waals surface area contributed by atoms with Crippen molar-refractivity contribution in [3.8, 4) is 11.4 Å². The van der Waals surface area contributed by atoms with Gasteiger partial charge in [0, 0.05) is 31.1 Å². The molecule has 12 heteroatoms. The number of rotatable bonds is 6. The lowest BCUT2D eigenvalue weighted by atomic mass is 9.90. The fourth-order valence-corrected chi connectivity index (χ4v) is 4.26. The van der Waals surface area contributed by atoms with Gasteiger partial charge in [-0.1, -0.05) is 5.16 Å². The minimum atomic E-state index is -2.81. The Hall–Kier alpha value is -3.25. The highest BCUT2D eigenvalue weighted by Gasteiger charge is 2.50. The molecule has 3 aromatic heterocycles. The van der Waals surface area contributed by atoms with Crippen LogP contribution in [0.2, 0.25) is 0 Å². The Morgan fingerprint density at radius 1 is 1.27 bits per heavy atom. The van der Waals surface area contributed by atoms with Crippen molar-refractivity contribution in [3.05, 3.63) is 51.8 Å². The number of ether oxygens (including phenoxy) is 2. The predicted octanol–water partition coefficient (Wildman–Crippen LogP) is 1.94. The molecule has 5 heterocycles. The van der Waals surface area contributed by atoms with E-state index in [0.717, 1.165) is 5.69 Å². The van der Waals surface area contributed by atoms with Crippen molar-refractivity contribution in [2.45, 2.75) is 45.1 Å². The fourth-order valence-electron chi connectivity index (χ4n) is 4.26. The first-order chi connectivity index (χ1) is 15.8. The third-order valence-electron chi connectivity index (χ3n) is 5.98. The molecule has 2 saturated heterocycles. The first-order valence-electron chi connectivity index (χ1n) is 10.5. The quantitative estimate of drug-likeness (QED) is 0.545. The summed E-state index contributed by atoms with van der Waals surface area (Å²) in [5, 5.41) is 16.6. The maximum atomic E-state index is 12.8. The molecule has 2 fully saturated rings. The van der Waals surface area contributed by atoms with Crippen LogP contribution in [0, 0.1) is 13.8 Å². The van der Waals surface area contributed by atoms with Crippen molar-refractivity contribution in [1.29, 1.82) is 0 Å². The van der Waals surface area contributed by atoms with Gasteiger partial charge >= 0.3 is 6.61 Å². The van der Waals surface area contributed by atoms with Crippen LogP contribution in [0.1, 0.15) is 23.4 Å². The third kappa shape index (κ3) is 4.23. The summed E-state index contributed by atoms with van der Waals surface area (Å²) in [4.78, 5) is 14.7. The second-order valence-electron chi connectivity index (χ2n) is 8.41. The van der Waals surface area contributed by atoms with Crippen LogP contribution in [0.5, 0.6) is 0 Å². The zero-order valence-corrected chi connectivity index (χ0v) is 18.1. The molecule has 1 unspecified atom stereocenters. The normalized spacial score (nSPS) is 19.4. The molecule has 0 bridgehead atoms. The van der Waals surface area contributed by atoms with E-state index in [4.69, 9.17) is 9.26 Å². The molecule has 1 atom stereocenters. The molecule has 0 aliphatic carbocycles. The molecule has 1 spiro atoms. The van der Waals surface area contributed by atoms with Crippen LogP contribution < -0.4 is 10.5 Å². The van der Waals surface area contributed by atoms with E-state index in [0.29, 0.717) is 47.9 Å². The van der Waals surface area contributed by atoms with Gasteiger partial charge in [0.15, 0.2) is 0 Å². The fraction of sp³-hybridized carbons (Fsp3) is 0.476. The summed E-state index contributed by atoms with van der Waals surface area (Å²) in [6.07, 6.45) is 1.39. The van der Waals surface area contributed by atoms with Crippen LogP contribution >= 0.6 is 0 Å². The van der Waals surface area contributed by atoms with Gasteiger partial charge in [-0.2, -0.15) is 19.0 Å². The monoisotopic (exact) mass is 460 g/mol. The minimum Gasteiger partial charge on any atom is -0.368 e. The number of aromatic nitrogens is 5. The summed E-state index contributed by atoms with van der Waals surface area (Å²) < 4.78 is 41.8. The number of alkyl halides is 2. The third-order valence-corrected chi connectivity index (χ3v) is 5.98. The molecule has 0 radical (unpaired) electrons. The number of aryl methyl sites for hydroxylation is 2. The van der Waals surface area contributed by atoms with Crippen molar-refractivity contribution in [2.24, 2.45) is 0 Å². The van der Waals surface area contributed by atoms with Crippen LogP contribution in [0.15, 0.2) is 33.7 Å². The Kier molecular flexibility index (Phi) is 5.41. The lowest BCUT2D eigenvalue weighted by Gasteiger charge is -2.48. The lowest BCUT2D eigenvalue weighted by molar-refractivity contribution is -0.161. The number of anilines is 1. The van der Waals surface area contributed by atoms with E-state index < -0.39 is 18.3 Å². The van der Waals surface area contributed by atoms with Gasteiger partial charge in [-0.3, -0.25) is 4.79 Å². The Morgan fingerprint density at radius 2 is 2.09 bits per heavy atom. The van der Waals surface area contributed by atoms with Gasteiger partial charge in [0.25, 0.3) is 5.56 Å². The summed E-state index contributed by atoms with van der Waals surface area (Å²) >= 11 is 0. The number of halogens is 2. The highest BCUT2D eigenvalue weighted by molar-refractivity contribution is 5.58. The summed E-state index contributed by atoms with van der Waals surface area (Å²) in [5.74, 6) is 0.564. The van der Waals surface area contributed by atoms with E-state index in [1.807, 2.05) is 17.9 Å². The van der Waals surface area contributed by atoms with Crippen molar-refractivity contribution in [2.75, 3.05) is 24.6 Å². The van der Waals surface area contributed by atoms with Gasteiger partial charge in [-0.15, -0.1) is 5.10 Å². The topological polar surface area (TPSA) is 108 Å². The van der Waals surface area contributed by atoms with Gasteiger partial charge in [-0.05, 0) is 26.0 Å². The first kappa shape index (κ1) is 21.6. The van der Waals surface area contributed by atoms with Crippen LogP contribution in [0.25, 0.3) is 11.4 Å². The molecule has 0 amide bonds. The molecule has 3 aromatic rings. The van der Waals surface area contributed by atoms with Crippen LogP contribution in [0.4, 0.5) is 14.5 Å². The number of nitrogens with zero attached hydrogens (tertiary/aromatic N) is 6. The molecule has 10 nitrogen and oxygen atoms in total. The molecule has 174 valence electrons. The molecule has 33 heavy (non-hydrogen) atoms. The summed E-state index contributed by atoms with van der Waals surface area (Å²) in [6.45, 7) is 2.08. The molecule has 2 aliphatic rings. The van der Waals surface area contributed by atoms with Gasteiger partial charge in [-0.25, -0.2) is 4.68 Å². The second kappa shape index (κ2) is 8.27. The van der Waals surface area contributed by atoms with Crippen molar-refractivity contribution < 1.29 is 22.8 Å². The molecular weight excluding hydrogens is 438 g/mol. The average molecular weight is 460 g/mol. The number of hydrogen-bond acceptors (Lipinski definition) is 9. The predicted molar refractivity (Wildman–Crippen MR) is 111 cm³/mol. The van der Waals surface area contributed by atoms with Gasteiger partial charge in [0.05, 0.1) is 36.8 Å². The average Bonchev–Trinajstić information content (AvgIpc) is 3.33. The van der Waals surface area contributed by atoms with Crippen molar-refractivity contribution in [3.63, 3.8) is 0 Å². The van der Waals surface area contributed by atoms with E-state index in [-0.39, 0.29) is 18.7 Å². The summed E-state index contributed by atoms with van der Waals surface area (Å²) in [6, 6.07) is 5.12. The van der Waals surface area contributed by atoms with Crippen LogP contribution in [-0.2, 0) is 16.0 Å². The van der Waals surface area contributed by atoms with E-state index in [1.165, 1.54) is 10.7 Å². The highest BCUT2D eigenvalue weighted by atomic mass is 19.3. The van der Waals surface area contributed by atoms with Crippen LogP contribution in [-0.4, -0.2) is 63.1 Å². The molecular formula is C21H22F2N6O4. The Labute approximate surface area is 187 Å². The molecule has 5 rings (SSSR count). The Bertz CT molecular complexity index is 1210. The smallest absolute Gasteiger partial charge is 0.345 e. The molecule has 2 aliphatic heterocycles. The van der Waals surface area contributed by atoms with E-state index in [2.05, 4.69) is 25.2 Å². The summed E-state index contributed by atoms with van der Waals surface area (Å²) in [7, 11) is 0. The van der Waals surface area contributed by atoms with E-state index in [9.17, 15) is 13.6 Å². The van der Waals surface area contributed by atoms with Crippen molar-refractivity contribution >= 4 is 5.69 Å². The van der Waals surface area contributed by atoms with Crippen LogP contribution in [0.3, 0.4) is 0 Å². The molecule has 0 N–H and O–H groups in total.